The number of furan rings is 1. The molecule has 0 unspecified atom stereocenters. The summed E-state index contributed by atoms with van der Waals surface area (Å²) >= 11 is 17.4. The van der Waals surface area contributed by atoms with Crippen LogP contribution in [0.1, 0.15) is 11.3 Å². The normalized spacial score (nSPS) is 11.2. The molecule has 194 valence electrons. The molecular weight excluding hydrogens is 555 g/mol. The van der Waals surface area contributed by atoms with Gasteiger partial charge >= 0.3 is 5.63 Å². The fourth-order valence-corrected chi connectivity index (χ4v) is 4.81. The maximum atomic E-state index is 12.6. The molecule has 0 bridgehead atoms. The number of hydrogen-bond donors (Lipinski definition) is 2. The van der Waals surface area contributed by atoms with E-state index in [0.717, 1.165) is 22.1 Å². The highest BCUT2D eigenvalue weighted by atomic mass is 35.5. The Balaban J connectivity index is 1.22. The van der Waals surface area contributed by atoms with Crippen LogP contribution < -0.4 is 16.3 Å². The van der Waals surface area contributed by atoms with Crippen LogP contribution in [0.2, 0.25) is 10.0 Å². The van der Waals surface area contributed by atoms with Gasteiger partial charge in [0.15, 0.2) is 5.11 Å². The third-order valence-electron chi connectivity index (χ3n) is 5.83. The molecule has 0 fully saturated rings. The average Bonchev–Trinajstić information content (AvgIpc) is 3.36. The van der Waals surface area contributed by atoms with Gasteiger partial charge in [-0.3, -0.25) is 10.1 Å². The van der Waals surface area contributed by atoms with Crippen molar-refractivity contribution in [3.05, 3.63) is 117 Å². The van der Waals surface area contributed by atoms with Crippen molar-refractivity contribution in [2.45, 2.75) is 6.92 Å². The number of para-hydroxylation sites is 1. The number of carbonyl (C=O) groups excluding carboxylic acids is 1. The fourth-order valence-electron chi connectivity index (χ4n) is 4.06. The summed E-state index contributed by atoms with van der Waals surface area (Å²) in [6, 6.07) is 23.2. The van der Waals surface area contributed by atoms with Crippen molar-refractivity contribution >= 4 is 69.2 Å². The quantitative estimate of drug-likeness (QED) is 0.126. The Hall–Kier alpha value is -4.17. The van der Waals surface area contributed by atoms with E-state index in [1.165, 1.54) is 12.2 Å². The van der Waals surface area contributed by atoms with Gasteiger partial charge in [0, 0.05) is 32.8 Å². The predicted octanol–water partition coefficient (Wildman–Crippen LogP) is 7.86. The highest BCUT2D eigenvalue weighted by molar-refractivity contribution is 7.80. The van der Waals surface area contributed by atoms with Crippen LogP contribution in [0.25, 0.3) is 39.5 Å². The molecule has 6 nitrogen and oxygen atoms in total. The molecule has 9 heteroatoms. The van der Waals surface area contributed by atoms with E-state index in [0.29, 0.717) is 38.4 Å². The Morgan fingerprint density at radius 3 is 2.44 bits per heavy atom. The monoisotopic (exact) mass is 574 g/mol. The summed E-state index contributed by atoms with van der Waals surface area (Å²) in [5, 5.41) is 7.54. The van der Waals surface area contributed by atoms with Gasteiger partial charge in [-0.1, -0.05) is 47.5 Å². The Morgan fingerprint density at radius 1 is 0.897 bits per heavy atom. The SMILES string of the molecule is Cc1cc(NC(=S)NC(=O)/C=C/c2ccc(-c3cc(Cl)cc(Cl)c3)o2)ccc1-c1cc2ccccc2oc1=O. The Kier molecular flexibility index (Phi) is 7.65. The minimum Gasteiger partial charge on any atom is -0.457 e. The molecule has 0 radical (unpaired) electrons. The zero-order valence-corrected chi connectivity index (χ0v) is 22.8. The number of carbonyl (C=O) groups is 1. The highest BCUT2D eigenvalue weighted by Gasteiger charge is 2.12. The lowest BCUT2D eigenvalue weighted by Crippen LogP contribution is -2.32. The number of nitrogens with one attached hydrogen (secondary N) is 2. The van der Waals surface area contributed by atoms with Gasteiger partial charge in [-0.05, 0) is 90.9 Å². The van der Waals surface area contributed by atoms with E-state index in [4.69, 9.17) is 44.3 Å². The van der Waals surface area contributed by atoms with Crippen molar-refractivity contribution in [2.75, 3.05) is 5.32 Å². The van der Waals surface area contributed by atoms with Crippen molar-refractivity contribution < 1.29 is 13.6 Å². The number of amides is 1. The van der Waals surface area contributed by atoms with Gasteiger partial charge in [0.1, 0.15) is 17.1 Å². The van der Waals surface area contributed by atoms with Gasteiger partial charge in [-0.2, -0.15) is 0 Å². The van der Waals surface area contributed by atoms with Gasteiger partial charge in [0.25, 0.3) is 0 Å². The Bertz CT molecular complexity index is 1800. The van der Waals surface area contributed by atoms with Crippen molar-refractivity contribution in [3.8, 4) is 22.5 Å². The van der Waals surface area contributed by atoms with Gasteiger partial charge in [0.05, 0.1) is 5.56 Å². The van der Waals surface area contributed by atoms with Gasteiger partial charge in [-0.15, -0.1) is 0 Å². The van der Waals surface area contributed by atoms with Crippen molar-refractivity contribution in [2.24, 2.45) is 0 Å². The Morgan fingerprint density at radius 2 is 1.67 bits per heavy atom. The topological polar surface area (TPSA) is 84.5 Å². The number of aryl methyl sites for hydroxylation is 1. The highest BCUT2D eigenvalue weighted by Crippen LogP contribution is 2.29. The largest absolute Gasteiger partial charge is 0.457 e. The van der Waals surface area contributed by atoms with E-state index in [2.05, 4.69) is 10.6 Å². The lowest BCUT2D eigenvalue weighted by Gasteiger charge is -2.11. The summed E-state index contributed by atoms with van der Waals surface area (Å²) in [5.74, 6) is 0.606. The van der Waals surface area contributed by atoms with Crippen molar-refractivity contribution in [1.82, 2.24) is 5.32 Å². The molecule has 0 saturated heterocycles. The predicted molar refractivity (Wildman–Crippen MR) is 160 cm³/mol. The van der Waals surface area contributed by atoms with Crippen LogP contribution in [0.5, 0.6) is 0 Å². The molecule has 0 saturated carbocycles. The molecule has 0 atom stereocenters. The maximum absolute atomic E-state index is 12.6. The number of anilines is 1. The molecule has 1 amide bonds. The molecule has 0 aliphatic heterocycles. The number of benzene rings is 3. The minimum absolute atomic E-state index is 0.121. The fraction of sp³-hybridized carbons (Fsp3) is 0.0333. The summed E-state index contributed by atoms with van der Waals surface area (Å²) < 4.78 is 11.2. The van der Waals surface area contributed by atoms with Gasteiger partial charge in [0.2, 0.25) is 5.91 Å². The molecule has 0 spiro atoms. The zero-order valence-electron chi connectivity index (χ0n) is 20.5. The smallest absolute Gasteiger partial charge is 0.344 e. The summed E-state index contributed by atoms with van der Waals surface area (Å²) in [6.07, 6.45) is 2.84. The number of fused-ring (bicyclic) bond motifs is 1. The summed E-state index contributed by atoms with van der Waals surface area (Å²) in [4.78, 5) is 24.9. The molecular formula is C30H20Cl2N2O4S. The van der Waals surface area contributed by atoms with Crippen LogP contribution in [-0.4, -0.2) is 11.0 Å². The third kappa shape index (κ3) is 6.29. The minimum atomic E-state index is -0.432. The van der Waals surface area contributed by atoms with Crippen LogP contribution in [0.15, 0.2) is 98.6 Å². The average molecular weight is 575 g/mol. The third-order valence-corrected chi connectivity index (χ3v) is 6.47. The van der Waals surface area contributed by atoms with Crippen molar-refractivity contribution in [3.63, 3.8) is 0 Å². The maximum Gasteiger partial charge on any atom is 0.344 e. The number of halogens is 2. The first kappa shape index (κ1) is 26.4. The molecule has 5 rings (SSSR count). The lowest BCUT2D eigenvalue weighted by molar-refractivity contribution is -0.115. The van der Waals surface area contributed by atoms with E-state index in [1.807, 2.05) is 43.3 Å². The molecule has 0 aliphatic rings. The molecule has 2 heterocycles. The zero-order chi connectivity index (χ0) is 27.5. The molecule has 2 aromatic heterocycles. The molecule has 2 N–H and O–H groups in total. The van der Waals surface area contributed by atoms with Gasteiger partial charge in [-0.25, -0.2) is 4.79 Å². The van der Waals surface area contributed by atoms with Crippen LogP contribution in [-0.2, 0) is 4.79 Å². The summed E-state index contributed by atoms with van der Waals surface area (Å²) in [5.41, 5.74) is 3.57. The van der Waals surface area contributed by atoms with Crippen LogP contribution in [0.3, 0.4) is 0 Å². The van der Waals surface area contributed by atoms with Crippen molar-refractivity contribution in [1.29, 1.82) is 0 Å². The number of rotatable bonds is 5. The number of thiocarbonyl (C=S) groups is 1. The second-order valence-electron chi connectivity index (χ2n) is 8.65. The van der Waals surface area contributed by atoms with E-state index in [1.54, 1.807) is 42.5 Å². The van der Waals surface area contributed by atoms with Gasteiger partial charge < -0.3 is 14.2 Å². The molecule has 5 aromatic rings. The van der Waals surface area contributed by atoms with E-state index in [9.17, 15) is 9.59 Å². The first-order chi connectivity index (χ1) is 18.7. The second kappa shape index (κ2) is 11.3. The van der Waals surface area contributed by atoms with Crippen LogP contribution >= 0.6 is 35.4 Å². The van der Waals surface area contributed by atoms with E-state index in [-0.39, 0.29) is 5.11 Å². The standard InChI is InChI=1S/C30H20Cl2N2O4S/c1-17-12-22(6-9-24(17)25-15-18-4-2-3-5-26(18)38-29(25)36)33-30(39)34-28(35)11-8-23-7-10-27(37-23)19-13-20(31)16-21(32)14-19/h2-16H,1H3,(H2,33,34,35,39)/b11-8+. The second-order valence-corrected chi connectivity index (χ2v) is 9.93. The summed E-state index contributed by atoms with van der Waals surface area (Å²) in [6.45, 7) is 1.88. The van der Waals surface area contributed by atoms with E-state index >= 15 is 0 Å². The molecule has 3 aromatic carbocycles. The van der Waals surface area contributed by atoms with Crippen LogP contribution in [0.4, 0.5) is 5.69 Å². The first-order valence-electron chi connectivity index (χ1n) is 11.8. The van der Waals surface area contributed by atoms with Crippen LogP contribution in [0, 0.1) is 6.92 Å². The van der Waals surface area contributed by atoms with E-state index < -0.39 is 11.5 Å². The molecule has 0 aliphatic carbocycles. The molecule has 39 heavy (non-hydrogen) atoms. The Labute approximate surface area is 238 Å². The lowest BCUT2D eigenvalue weighted by atomic mass is 10.0. The number of hydrogen-bond acceptors (Lipinski definition) is 5. The summed E-state index contributed by atoms with van der Waals surface area (Å²) in [7, 11) is 0. The first-order valence-corrected chi connectivity index (χ1v) is 12.9.